The molecule has 4 nitrogen and oxygen atoms in total. The lowest BCUT2D eigenvalue weighted by atomic mass is 10.0. The molecule has 0 saturated carbocycles. The monoisotopic (exact) mass is 328 g/mol. The number of halogens is 1. The molecule has 126 valence electrons. The van der Waals surface area contributed by atoms with E-state index in [1.165, 1.54) is 12.1 Å². The van der Waals surface area contributed by atoms with Gasteiger partial charge in [-0.05, 0) is 35.4 Å². The first-order valence-corrected chi connectivity index (χ1v) is 8.06. The molecule has 3 rings (SSSR count). The molecule has 0 bridgehead atoms. The van der Waals surface area contributed by atoms with Crippen molar-refractivity contribution in [3.05, 3.63) is 65.5 Å². The summed E-state index contributed by atoms with van der Waals surface area (Å²) in [6.07, 6.45) is 0.213. The van der Waals surface area contributed by atoms with Gasteiger partial charge in [-0.3, -0.25) is 4.79 Å². The van der Waals surface area contributed by atoms with Crippen molar-refractivity contribution in [2.45, 2.75) is 12.5 Å². The Labute approximate surface area is 141 Å². The van der Waals surface area contributed by atoms with Crippen molar-refractivity contribution in [3.8, 4) is 5.75 Å². The second kappa shape index (κ2) is 7.45. The van der Waals surface area contributed by atoms with E-state index in [2.05, 4.69) is 5.32 Å². The Morgan fingerprint density at radius 2 is 2.08 bits per heavy atom. The molecule has 1 aliphatic heterocycles. The fourth-order valence-corrected chi connectivity index (χ4v) is 3.05. The molecule has 0 aromatic heterocycles. The first kappa shape index (κ1) is 16.5. The number of carbonyl (C=O) groups is 1. The molecule has 24 heavy (non-hydrogen) atoms. The molecule has 2 aromatic rings. The first-order chi connectivity index (χ1) is 11.7. The highest BCUT2D eigenvalue weighted by Crippen LogP contribution is 2.25. The van der Waals surface area contributed by atoms with E-state index in [0.29, 0.717) is 18.7 Å². The molecule has 0 spiro atoms. The van der Waals surface area contributed by atoms with E-state index >= 15 is 0 Å². The van der Waals surface area contributed by atoms with Gasteiger partial charge in [-0.1, -0.05) is 24.3 Å². The van der Waals surface area contributed by atoms with E-state index in [4.69, 9.17) is 4.74 Å². The number of nitrogens with one attached hydrogen (secondary N) is 1. The molecule has 2 aromatic carbocycles. The lowest BCUT2D eigenvalue weighted by molar-refractivity contribution is -0.133. The quantitative estimate of drug-likeness (QED) is 0.938. The van der Waals surface area contributed by atoms with Gasteiger partial charge in [0.1, 0.15) is 11.6 Å². The number of rotatable bonds is 4. The Morgan fingerprint density at radius 1 is 1.29 bits per heavy atom. The summed E-state index contributed by atoms with van der Waals surface area (Å²) in [6, 6.07) is 14.0. The maximum Gasteiger partial charge on any atom is 0.227 e. The summed E-state index contributed by atoms with van der Waals surface area (Å²) in [4.78, 5) is 14.6. The van der Waals surface area contributed by atoms with E-state index in [1.807, 2.05) is 29.2 Å². The van der Waals surface area contributed by atoms with Crippen LogP contribution in [-0.4, -0.2) is 37.6 Å². The summed E-state index contributed by atoms with van der Waals surface area (Å²) in [5.41, 5.74) is 1.77. The Balaban J connectivity index is 1.76. The van der Waals surface area contributed by atoms with Crippen LogP contribution in [0, 0.1) is 5.82 Å². The van der Waals surface area contributed by atoms with Crippen LogP contribution in [0.4, 0.5) is 4.39 Å². The predicted octanol–water partition coefficient (Wildman–Crippen LogP) is 2.55. The summed E-state index contributed by atoms with van der Waals surface area (Å²) in [7, 11) is 1.63. The van der Waals surface area contributed by atoms with Crippen molar-refractivity contribution in [2.75, 3.05) is 26.7 Å². The number of carbonyl (C=O) groups excluding carboxylic acids is 1. The minimum Gasteiger partial charge on any atom is -0.497 e. The summed E-state index contributed by atoms with van der Waals surface area (Å²) in [6.45, 7) is 2.12. The molecule has 1 N–H and O–H groups in total. The number of amides is 1. The Morgan fingerprint density at radius 3 is 2.79 bits per heavy atom. The molecule has 1 saturated heterocycles. The summed E-state index contributed by atoms with van der Waals surface area (Å²) < 4.78 is 18.5. The van der Waals surface area contributed by atoms with Crippen LogP contribution in [0.3, 0.4) is 0 Å². The Hall–Kier alpha value is -2.40. The number of methoxy groups -OCH3 is 1. The normalized spacial score (nSPS) is 17.6. The smallest absolute Gasteiger partial charge is 0.227 e. The van der Waals surface area contributed by atoms with Crippen molar-refractivity contribution in [1.82, 2.24) is 10.2 Å². The molecule has 1 heterocycles. The van der Waals surface area contributed by atoms with Crippen molar-refractivity contribution < 1.29 is 13.9 Å². The van der Waals surface area contributed by atoms with Gasteiger partial charge < -0.3 is 15.0 Å². The second-order valence-corrected chi connectivity index (χ2v) is 5.89. The molecule has 0 aliphatic carbocycles. The topological polar surface area (TPSA) is 41.6 Å². The van der Waals surface area contributed by atoms with Gasteiger partial charge in [0.05, 0.1) is 19.6 Å². The third-order valence-electron chi connectivity index (χ3n) is 4.31. The van der Waals surface area contributed by atoms with Gasteiger partial charge in [0, 0.05) is 19.6 Å². The van der Waals surface area contributed by atoms with Gasteiger partial charge in [0.25, 0.3) is 0 Å². The maximum atomic E-state index is 13.3. The van der Waals surface area contributed by atoms with Gasteiger partial charge in [0.2, 0.25) is 5.91 Å². The van der Waals surface area contributed by atoms with Crippen LogP contribution in [-0.2, 0) is 11.2 Å². The maximum absolute atomic E-state index is 13.3. The van der Waals surface area contributed by atoms with Crippen LogP contribution in [0.15, 0.2) is 48.5 Å². The third-order valence-corrected chi connectivity index (χ3v) is 4.31. The highest BCUT2D eigenvalue weighted by atomic mass is 19.1. The molecule has 1 amide bonds. The number of ether oxygens (including phenoxy) is 1. The van der Waals surface area contributed by atoms with Gasteiger partial charge in [-0.15, -0.1) is 0 Å². The van der Waals surface area contributed by atoms with Crippen molar-refractivity contribution >= 4 is 5.91 Å². The van der Waals surface area contributed by atoms with Crippen LogP contribution in [0.5, 0.6) is 5.75 Å². The summed E-state index contributed by atoms with van der Waals surface area (Å²) in [5.74, 6) is 0.496. The average Bonchev–Trinajstić information content (AvgIpc) is 2.62. The van der Waals surface area contributed by atoms with E-state index in [9.17, 15) is 9.18 Å². The number of nitrogens with zero attached hydrogens (tertiary/aromatic N) is 1. The van der Waals surface area contributed by atoms with E-state index in [-0.39, 0.29) is 24.2 Å². The van der Waals surface area contributed by atoms with E-state index < -0.39 is 0 Å². The molecular weight excluding hydrogens is 307 g/mol. The van der Waals surface area contributed by atoms with Gasteiger partial charge >= 0.3 is 0 Å². The van der Waals surface area contributed by atoms with Crippen LogP contribution in [0.2, 0.25) is 0 Å². The Bertz CT molecular complexity index is 703. The molecule has 5 heteroatoms. The largest absolute Gasteiger partial charge is 0.497 e. The first-order valence-electron chi connectivity index (χ1n) is 8.06. The van der Waals surface area contributed by atoms with Gasteiger partial charge in [0.15, 0.2) is 0 Å². The highest BCUT2D eigenvalue weighted by molar-refractivity contribution is 5.79. The molecule has 1 unspecified atom stereocenters. The highest BCUT2D eigenvalue weighted by Gasteiger charge is 2.27. The zero-order valence-electron chi connectivity index (χ0n) is 13.7. The Kier molecular flexibility index (Phi) is 5.11. The second-order valence-electron chi connectivity index (χ2n) is 5.89. The number of hydrogen-bond donors (Lipinski definition) is 1. The zero-order valence-corrected chi connectivity index (χ0v) is 13.7. The van der Waals surface area contributed by atoms with Gasteiger partial charge in [-0.2, -0.15) is 0 Å². The van der Waals surface area contributed by atoms with E-state index in [0.717, 1.165) is 17.9 Å². The zero-order chi connectivity index (χ0) is 16.9. The van der Waals surface area contributed by atoms with Gasteiger partial charge in [-0.25, -0.2) is 4.39 Å². The SMILES string of the molecule is COc1ccc(C2CNCCN2C(=O)Cc2cccc(F)c2)cc1. The summed E-state index contributed by atoms with van der Waals surface area (Å²) >= 11 is 0. The van der Waals surface area contributed by atoms with Crippen LogP contribution in [0.1, 0.15) is 17.2 Å². The van der Waals surface area contributed by atoms with Crippen molar-refractivity contribution in [3.63, 3.8) is 0 Å². The number of hydrogen-bond acceptors (Lipinski definition) is 3. The molecule has 1 atom stereocenters. The average molecular weight is 328 g/mol. The minimum absolute atomic E-state index is 0.0166. The minimum atomic E-state index is -0.313. The van der Waals surface area contributed by atoms with E-state index in [1.54, 1.807) is 19.2 Å². The fourth-order valence-electron chi connectivity index (χ4n) is 3.05. The molecular formula is C19H21FN2O2. The van der Waals surface area contributed by atoms with Crippen LogP contribution in [0.25, 0.3) is 0 Å². The molecule has 1 aliphatic rings. The van der Waals surface area contributed by atoms with Crippen LogP contribution >= 0.6 is 0 Å². The van der Waals surface area contributed by atoms with Crippen molar-refractivity contribution in [2.24, 2.45) is 0 Å². The lowest BCUT2D eigenvalue weighted by Crippen LogP contribution is -2.49. The van der Waals surface area contributed by atoms with Crippen LogP contribution < -0.4 is 10.1 Å². The lowest BCUT2D eigenvalue weighted by Gasteiger charge is -2.36. The molecule has 1 fully saturated rings. The number of benzene rings is 2. The third kappa shape index (κ3) is 3.74. The number of piperazine rings is 1. The molecule has 0 radical (unpaired) electrons. The standard InChI is InChI=1S/C19H21FN2O2/c1-24-17-7-5-15(6-8-17)18-13-21-9-10-22(18)19(23)12-14-3-2-4-16(20)11-14/h2-8,11,18,21H,9-10,12-13H2,1H3. The summed E-state index contributed by atoms with van der Waals surface area (Å²) in [5, 5.41) is 3.33. The fraction of sp³-hybridized carbons (Fsp3) is 0.316. The predicted molar refractivity (Wildman–Crippen MR) is 90.4 cm³/mol. The van der Waals surface area contributed by atoms with Crippen molar-refractivity contribution in [1.29, 1.82) is 0 Å².